The second-order valence-corrected chi connectivity index (χ2v) is 3.77. The van der Waals surface area contributed by atoms with Gasteiger partial charge in [-0.15, -0.1) is 0 Å². The van der Waals surface area contributed by atoms with E-state index in [-0.39, 0.29) is 5.95 Å². The predicted molar refractivity (Wildman–Crippen MR) is 58.4 cm³/mol. The van der Waals surface area contributed by atoms with E-state index < -0.39 is 0 Å². The number of aromatic nitrogens is 4. The van der Waals surface area contributed by atoms with Gasteiger partial charge in [-0.2, -0.15) is 14.6 Å². The lowest BCUT2D eigenvalue weighted by Gasteiger charge is -2.02. The molecule has 0 bridgehead atoms. The molecule has 0 fully saturated rings. The third-order valence-corrected chi connectivity index (χ3v) is 2.39. The summed E-state index contributed by atoms with van der Waals surface area (Å²) in [7, 11) is 3.42. The molecular weight excluding hydrogens is 209 g/mol. The Morgan fingerprint density at radius 1 is 1.44 bits per heavy atom. The normalized spacial score (nSPS) is 10.8. The van der Waals surface area contributed by atoms with Gasteiger partial charge in [0.2, 0.25) is 5.95 Å². The molecular formula is C10H14FN5. The maximum Gasteiger partial charge on any atom is 0.216 e. The second kappa shape index (κ2) is 3.96. The van der Waals surface area contributed by atoms with Crippen molar-refractivity contribution >= 4 is 5.82 Å². The van der Waals surface area contributed by atoms with Crippen molar-refractivity contribution in [1.29, 1.82) is 0 Å². The van der Waals surface area contributed by atoms with Gasteiger partial charge in [-0.3, -0.25) is 4.68 Å². The molecule has 0 atom stereocenters. The molecule has 0 aliphatic heterocycles. The molecule has 0 aromatic carbocycles. The molecule has 6 heteroatoms. The summed E-state index contributed by atoms with van der Waals surface area (Å²) in [5.41, 5.74) is 1.57. The molecule has 0 aliphatic carbocycles. The third-order valence-electron chi connectivity index (χ3n) is 2.39. The molecule has 5 nitrogen and oxygen atoms in total. The summed E-state index contributed by atoms with van der Waals surface area (Å²) in [5.74, 6) is 0.451. The smallest absolute Gasteiger partial charge is 0.216 e. The molecule has 2 rings (SSSR count). The first-order chi connectivity index (χ1) is 7.58. The minimum Gasteiger partial charge on any atom is -0.364 e. The summed E-state index contributed by atoms with van der Waals surface area (Å²) in [6.45, 7) is 2.34. The van der Waals surface area contributed by atoms with Crippen molar-refractivity contribution in [3.63, 3.8) is 0 Å². The lowest BCUT2D eigenvalue weighted by molar-refractivity contribution is 0.496. The number of halogens is 1. The van der Waals surface area contributed by atoms with Gasteiger partial charge in [0.05, 0.1) is 6.20 Å². The van der Waals surface area contributed by atoms with E-state index in [1.54, 1.807) is 11.7 Å². The summed E-state index contributed by atoms with van der Waals surface area (Å²) in [6, 6.07) is 0. The zero-order valence-corrected chi connectivity index (χ0v) is 9.53. The van der Waals surface area contributed by atoms with E-state index in [1.807, 2.05) is 20.2 Å². The van der Waals surface area contributed by atoms with Crippen molar-refractivity contribution in [3.8, 4) is 0 Å². The Labute approximate surface area is 92.9 Å². The Hall–Kier alpha value is -1.85. The first-order valence-corrected chi connectivity index (χ1v) is 4.98. The van der Waals surface area contributed by atoms with Crippen LogP contribution >= 0.6 is 0 Å². The number of nitrogens with one attached hydrogen (secondary N) is 1. The molecule has 2 aromatic rings. The molecule has 2 heterocycles. The van der Waals surface area contributed by atoms with Crippen molar-refractivity contribution in [2.24, 2.45) is 14.1 Å². The lowest BCUT2D eigenvalue weighted by Crippen LogP contribution is -2.04. The Morgan fingerprint density at radius 2 is 2.19 bits per heavy atom. The van der Waals surface area contributed by atoms with E-state index in [2.05, 4.69) is 15.5 Å². The zero-order chi connectivity index (χ0) is 11.7. The lowest BCUT2D eigenvalue weighted by atomic mass is 10.3. The monoisotopic (exact) mass is 223 g/mol. The van der Waals surface area contributed by atoms with Crippen LogP contribution in [-0.2, 0) is 20.6 Å². The molecule has 0 amide bonds. The summed E-state index contributed by atoms with van der Waals surface area (Å²) in [5, 5.41) is 11.1. The van der Waals surface area contributed by atoms with Gasteiger partial charge in [0.25, 0.3) is 0 Å². The van der Waals surface area contributed by atoms with Gasteiger partial charge in [0, 0.05) is 38.0 Å². The molecule has 86 valence electrons. The highest BCUT2D eigenvalue weighted by Gasteiger charge is 2.08. The van der Waals surface area contributed by atoms with Crippen LogP contribution in [0.3, 0.4) is 0 Å². The predicted octanol–water partition coefficient (Wildman–Crippen LogP) is 1.21. The van der Waals surface area contributed by atoms with E-state index in [0.717, 1.165) is 11.4 Å². The number of hydrogen-bond acceptors (Lipinski definition) is 3. The fraction of sp³-hybridized carbons (Fsp3) is 0.400. The van der Waals surface area contributed by atoms with Gasteiger partial charge in [-0.1, -0.05) is 0 Å². The molecule has 2 aromatic heterocycles. The van der Waals surface area contributed by atoms with Crippen LogP contribution in [0.2, 0.25) is 0 Å². The van der Waals surface area contributed by atoms with Gasteiger partial charge in [0.1, 0.15) is 0 Å². The fourth-order valence-corrected chi connectivity index (χ4v) is 1.55. The Balaban J connectivity index is 2.08. The van der Waals surface area contributed by atoms with E-state index in [9.17, 15) is 4.39 Å². The molecule has 0 radical (unpaired) electrons. The third kappa shape index (κ3) is 1.91. The number of aryl methyl sites for hydroxylation is 3. The summed E-state index contributed by atoms with van der Waals surface area (Å²) in [4.78, 5) is 0. The highest BCUT2D eigenvalue weighted by atomic mass is 19.1. The zero-order valence-electron chi connectivity index (χ0n) is 9.53. The van der Waals surface area contributed by atoms with Gasteiger partial charge >= 0.3 is 0 Å². The van der Waals surface area contributed by atoms with Gasteiger partial charge < -0.3 is 5.32 Å². The molecule has 0 aliphatic rings. The molecule has 0 spiro atoms. The van der Waals surface area contributed by atoms with Crippen LogP contribution in [0, 0.1) is 12.9 Å². The van der Waals surface area contributed by atoms with Crippen molar-refractivity contribution in [2.45, 2.75) is 13.5 Å². The Kier molecular flexibility index (Phi) is 2.64. The summed E-state index contributed by atoms with van der Waals surface area (Å²) >= 11 is 0. The quantitative estimate of drug-likeness (QED) is 0.851. The van der Waals surface area contributed by atoms with Crippen LogP contribution in [-0.4, -0.2) is 19.6 Å². The molecule has 0 saturated heterocycles. The minimum absolute atomic E-state index is 0.318. The first kappa shape index (κ1) is 10.7. The van der Waals surface area contributed by atoms with E-state index >= 15 is 0 Å². The van der Waals surface area contributed by atoms with E-state index in [4.69, 9.17) is 0 Å². The molecule has 0 saturated carbocycles. The highest BCUT2D eigenvalue weighted by molar-refractivity contribution is 5.42. The van der Waals surface area contributed by atoms with E-state index in [0.29, 0.717) is 12.1 Å². The maximum atomic E-state index is 13.4. The van der Waals surface area contributed by atoms with Crippen LogP contribution < -0.4 is 5.32 Å². The van der Waals surface area contributed by atoms with Crippen molar-refractivity contribution < 1.29 is 4.39 Å². The average molecular weight is 223 g/mol. The largest absolute Gasteiger partial charge is 0.364 e. The highest BCUT2D eigenvalue weighted by Crippen LogP contribution is 2.13. The second-order valence-electron chi connectivity index (χ2n) is 3.77. The molecule has 0 unspecified atom stereocenters. The van der Waals surface area contributed by atoms with Crippen LogP contribution in [0.25, 0.3) is 0 Å². The molecule has 1 N–H and O–H groups in total. The summed E-state index contributed by atoms with van der Waals surface area (Å²) < 4.78 is 16.3. The van der Waals surface area contributed by atoms with Crippen LogP contribution in [0.4, 0.5) is 10.2 Å². The summed E-state index contributed by atoms with van der Waals surface area (Å²) in [6.07, 6.45) is 3.42. The number of anilines is 1. The van der Waals surface area contributed by atoms with Crippen LogP contribution in [0.15, 0.2) is 12.4 Å². The minimum atomic E-state index is -0.318. The average Bonchev–Trinajstić information content (AvgIpc) is 2.70. The SMILES string of the molecule is Cc1cn(C)nc1NCc1cnn(C)c1F. The number of rotatable bonds is 3. The van der Waals surface area contributed by atoms with Crippen molar-refractivity contribution in [2.75, 3.05) is 5.32 Å². The Bertz CT molecular complexity index is 497. The van der Waals surface area contributed by atoms with Crippen molar-refractivity contribution in [3.05, 3.63) is 29.5 Å². The van der Waals surface area contributed by atoms with Crippen molar-refractivity contribution in [1.82, 2.24) is 19.6 Å². The van der Waals surface area contributed by atoms with Crippen LogP contribution in [0.1, 0.15) is 11.1 Å². The van der Waals surface area contributed by atoms with Gasteiger partial charge in [-0.25, -0.2) is 4.68 Å². The number of hydrogen-bond donors (Lipinski definition) is 1. The fourth-order valence-electron chi connectivity index (χ4n) is 1.55. The van der Waals surface area contributed by atoms with Crippen LogP contribution in [0.5, 0.6) is 0 Å². The Morgan fingerprint density at radius 3 is 2.69 bits per heavy atom. The van der Waals surface area contributed by atoms with Gasteiger partial charge in [0.15, 0.2) is 5.82 Å². The maximum absolute atomic E-state index is 13.4. The van der Waals surface area contributed by atoms with Gasteiger partial charge in [-0.05, 0) is 6.92 Å². The topological polar surface area (TPSA) is 47.7 Å². The molecule has 16 heavy (non-hydrogen) atoms. The standard InChI is InChI=1S/C10H14FN5/c1-7-6-15(2)14-10(7)12-4-8-5-13-16(3)9(8)11/h5-6H,4H2,1-3H3,(H,12,14). The number of nitrogens with zero attached hydrogens (tertiary/aromatic N) is 4. The first-order valence-electron chi connectivity index (χ1n) is 4.98. The van der Waals surface area contributed by atoms with E-state index in [1.165, 1.54) is 10.9 Å².